The minimum Gasteiger partial charge on any atom is -0.328 e. The molecule has 0 amide bonds. The lowest BCUT2D eigenvalue weighted by atomic mass is 10.5. The molecule has 0 heterocycles. The van der Waals surface area contributed by atoms with Crippen LogP contribution in [0.4, 0.5) is 0 Å². The third-order valence-electron chi connectivity index (χ3n) is 0.529. The summed E-state index contributed by atoms with van der Waals surface area (Å²) >= 11 is 0. The van der Waals surface area contributed by atoms with E-state index >= 15 is 0 Å². The van der Waals surface area contributed by atoms with Crippen LogP contribution >= 0.6 is 8.60 Å². The van der Waals surface area contributed by atoms with Gasteiger partial charge in [0.25, 0.3) is 0 Å². The third-order valence-corrected chi connectivity index (χ3v) is 0.942. The van der Waals surface area contributed by atoms with Crippen LogP contribution in [0.1, 0.15) is 6.42 Å². The first-order valence-corrected chi connectivity index (χ1v) is 3.35. The molecule has 0 aromatic rings. The van der Waals surface area contributed by atoms with Crippen molar-refractivity contribution in [2.24, 2.45) is 0 Å². The molecule has 0 aromatic heterocycles. The Bertz CT molecular complexity index is 64.3. The van der Waals surface area contributed by atoms with Gasteiger partial charge in [0, 0.05) is 0 Å². The van der Waals surface area contributed by atoms with Crippen LogP contribution < -0.4 is 0 Å². The molecule has 0 fully saturated rings. The smallest absolute Gasteiger partial charge is 0.327 e. The van der Waals surface area contributed by atoms with Gasteiger partial charge in [-0.15, -0.1) is 6.58 Å². The Balaban J connectivity index is 2.81. The summed E-state index contributed by atoms with van der Waals surface area (Å²) in [5.41, 5.74) is 0. The van der Waals surface area contributed by atoms with Crippen LogP contribution in [0, 0.1) is 0 Å². The van der Waals surface area contributed by atoms with Crippen molar-refractivity contribution >= 4 is 8.60 Å². The minimum absolute atomic E-state index is 0.336. The fourth-order valence-electron chi connectivity index (χ4n) is 0.218. The first-order chi connectivity index (χ1) is 3.77. The van der Waals surface area contributed by atoms with Crippen molar-refractivity contribution in [3.05, 3.63) is 12.7 Å². The summed E-state index contributed by atoms with van der Waals surface area (Å²) < 4.78 is 4.39. The van der Waals surface area contributed by atoms with Gasteiger partial charge >= 0.3 is 8.60 Å². The van der Waals surface area contributed by atoms with Crippen LogP contribution in [-0.2, 0) is 4.52 Å². The zero-order valence-electron chi connectivity index (χ0n) is 4.45. The molecule has 0 atom stereocenters. The summed E-state index contributed by atoms with van der Waals surface area (Å²) in [7, 11) is -2.16. The van der Waals surface area contributed by atoms with Gasteiger partial charge in [0.15, 0.2) is 0 Å². The van der Waals surface area contributed by atoms with E-state index in [-0.39, 0.29) is 0 Å². The van der Waals surface area contributed by atoms with E-state index in [4.69, 9.17) is 9.79 Å². The van der Waals surface area contributed by atoms with Crippen molar-refractivity contribution in [2.75, 3.05) is 6.61 Å². The highest BCUT2D eigenvalue weighted by Crippen LogP contribution is 2.23. The number of hydrogen-bond acceptors (Lipinski definition) is 3. The highest BCUT2D eigenvalue weighted by Gasteiger charge is 1.94. The molecule has 8 heavy (non-hydrogen) atoms. The van der Waals surface area contributed by atoms with Crippen molar-refractivity contribution in [2.45, 2.75) is 6.42 Å². The van der Waals surface area contributed by atoms with Crippen molar-refractivity contribution in [1.82, 2.24) is 0 Å². The Morgan fingerprint density at radius 2 is 2.25 bits per heavy atom. The Hall–Kier alpha value is 0.0500. The molecule has 2 N–H and O–H groups in total. The van der Waals surface area contributed by atoms with Crippen molar-refractivity contribution < 1.29 is 14.3 Å². The molecule has 0 saturated heterocycles. The maximum absolute atomic E-state index is 8.14. The fraction of sp³-hybridized carbons (Fsp3) is 0.500. The van der Waals surface area contributed by atoms with Crippen LogP contribution in [0.25, 0.3) is 0 Å². The van der Waals surface area contributed by atoms with Crippen molar-refractivity contribution in [3.8, 4) is 0 Å². The monoisotopic (exact) mass is 136 g/mol. The lowest BCUT2D eigenvalue weighted by Gasteiger charge is -1.98. The lowest BCUT2D eigenvalue weighted by Crippen LogP contribution is -1.84. The van der Waals surface area contributed by atoms with Crippen LogP contribution in [0.2, 0.25) is 0 Å². The topological polar surface area (TPSA) is 49.7 Å². The Labute approximate surface area is 49.6 Å². The van der Waals surface area contributed by atoms with Gasteiger partial charge in [-0.1, -0.05) is 6.08 Å². The maximum Gasteiger partial charge on any atom is 0.327 e. The Kier molecular flexibility index (Phi) is 5.22. The van der Waals surface area contributed by atoms with E-state index in [1.54, 1.807) is 6.08 Å². The zero-order chi connectivity index (χ0) is 6.41. The van der Waals surface area contributed by atoms with Gasteiger partial charge in [-0.05, 0) is 6.42 Å². The SMILES string of the molecule is C=CCCOP(O)O. The van der Waals surface area contributed by atoms with Crippen LogP contribution in [0.15, 0.2) is 12.7 Å². The highest BCUT2D eigenvalue weighted by atomic mass is 31.2. The summed E-state index contributed by atoms with van der Waals surface area (Å²) in [5, 5.41) is 0. The van der Waals surface area contributed by atoms with E-state index in [9.17, 15) is 0 Å². The van der Waals surface area contributed by atoms with E-state index in [0.717, 1.165) is 0 Å². The van der Waals surface area contributed by atoms with Crippen molar-refractivity contribution in [1.29, 1.82) is 0 Å². The van der Waals surface area contributed by atoms with Crippen LogP contribution in [0.5, 0.6) is 0 Å². The first-order valence-electron chi connectivity index (χ1n) is 2.19. The van der Waals surface area contributed by atoms with Gasteiger partial charge in [-0.3, -0.25) is 0 Å². The standard InChI is InChI=1S/C4H9O3P/c1-2-3-4-7-8(5)6/h2,5-6H,1,3-4H2. The molecule has 3 nitrogen and oxygen atoms in total. The Morgan fingerprint density at radius 3 is 2.62 bits per heavy atom. The van der Waals surface area contributed by atoms with E-state index in [1.165, 1.54) is 0 Å². The quantitative estimate of drug-likeness (QED) is 0.341. The van der Waals surface area contributed by atoms with E-state index < -0.39 is 8.60 Å². The predicted molar refractivity (Wildman–Crippen MR) is 32.1 cm³/mol. The highest BCUT2D eigenvalue weighted by molar-refractivity contribution is 7.39. The molecule has 0 rings (SSSR count). The summed E-state index contributed by atoms with van der Waals surface area (Å²) in [5.74, 6) is 0. The van der Waals surface area contributed by atoms with Crippen LogP contribution in [-0.4, -0.2) is 16.4 Å². The van der Waals surface area contributed by atoms with Gasteiger partial charge < -0.3 is 14.3 Å². The lowest BCUT2D eigenvalue weighted by molar-refractivity contribution is 0.260. The molecule has 0 unspecified atom stereocenters. The molecular weight excluding hydrogens is 127 g/mol. The van der Waals surface area contributed by atoms with E-state index in [0.29, 0.717) is 13.0 Å². The second-order valence-electron chi connectivity index (χ2n) is 1.16. The molecule has 0 aliphatic heterocycles. The Morgan fingerprint density at radius 1 is 1.62 bits per heavy atom. The molecule has 0 aliphatic carbocycles. The molecule has 0 aliphatic rings. The summed E-state index contributed by atoms with van der Waals surface area (Å²) in [4.78, 5) is 16.3. The van der Waals surface area contributed by atoms with Gasteiger partial charge in [-0.2, -0.15) is 0 Å². The largest absolute Gasteiger partial charge is 0.328 e. The van der Waals surface area contributed by atoms with Gasteiger partial charge in [0.1, 0.15) is 0 Å². The molecule has 0 bridgehead atoms. The second-order valence-corrected chi connectivity index (χ2v) is 1.93. The predicted octanol–water partition coefficient (Wildman–Crippen LogP) is 0.791. The normalized spacial score (nSPS) is 9.88. The average molecular weight is 136 g/mol. The molecule has 4 heteroatoms. The fourth-order valence-corrected chi connectivity index (χ4v) is 0.486. The zero-order valence-corrected chi connectivity index (χ0v) is 5.34. The molecule has 0 radical (unpaired) electrons. The minimum atomic E-state index is -2.16. The molecule has 0 spiro atoms. The van der Waals surface area contributed by atoms with Crippen molar-refractivity contribution in [3.63, 3.8) is 0 Å². The first kappa shape index (κ1) is 8.05. The summed E-state index contributed by atoms with van der Waals surface area (Å²) in [6.07, 6.45) is 2.30. The van der Waals surface area contributed by atoms with Gasteiger partial charge in [-0.25, -0.2) is 0 Å². The summed E-state index contributed by atoms with van der Waals surface area (Å²) in [6.45, 7) is 3.76. The molecular formula is C4H9O3P. The summed E-state index contributed by atoms with van der Waals surface area (Å²) in [6, 6.07) is 0. The van der Waals surface area contributed by atoms with E-state index in [2.05, 4.69) is 11.1 Å². The van der Waals surface area contributed by atoms with Crippen LogP contribution in [0.3, 0.4) is 0 Å². The molecule has 0 aromatic carbocycles. The van der Waals surface area contributed by atoms with Gasteiger partial charge in [0.05, 0.1) is 6.61 Å². The average Bonchev–Trinajstić information content (AvgIpc) is 1.66. The van der Waals surface area contributed by atoms with E-state index in [1.807, 2.05) is 0 Å². The molecule has 0 saturated carbocycles. The maximum atomic E-state index is 8.14. The van der Waals surface area contributed by atoms with Gasteiger partial charge in [0.2, 0.25) is 0 Å². The third kappa shape index (κ3) is 6.05. The number of rotatable bonds is 4. The molecule has 48 valence electrons. The number of hydrogen-bond donors (Lipinski definition) is 2. The second kappa shape index (κ2) is 5.19.